The summed E-state index contributed by atoms with van der Waals surface area (Å²) in [5, 5.41) is 5.02. The highest BCUT2D eigenvalue weighted by molar-refractivity contribution is 8.03. The van der Waals surface area contributed by atoms with E-state index in [1.54, 1.807) is 11.8 Å². The molecule has 0 N–H and O–H groups in total. The van der Waals surface area contributed by atoms with Crippen LogP contribution >= 0.6 is 11.8 Å². The van der Waals surface area contributed by atoms with E-state index >= 15 is 0 Å². The Hall–Kier alpha value is -2.53. The molecule has 0 aromatic heterocycles. The molecule has 0 saturated heterocycles. The van der Waals surface area contributed by atoms with E-state index in [9.17, 15) is 4.79 Å². The molecule has 2 aliphatic rings. The molecule has 0 spiro atoms. The molecule has 0 saturated carbocycles. The number of carbonyl (C=O) groups is 1. The minimum atomic E-state index is -0.372. The van der Waals surface area contributed by atoms with Crippen molar-refractivity contribution in [3.63, 3.8) is 0 Å². The summed E-state index contributed by atoms with van der Waals surface area (Å²) >= 11 is 1.63. The van der Waals surface area contributed by atoms with Gasteiger partial charge in [0.25, 0.3) is 0 Å². The Bertz CT molecular complexity index is 906. The van der Waals surface area contributed by atoms with Crippen LogP contribution in [-0.2, 0) is 9.63 Å². The second-order valence-corrected chi connectivity index (χ2v) is 7.68. The minimum Gasteiger partial charge on any atom is -0.334 e. The largest absolute Gasteiger partial charge is 0.370 e. The number of hydrogen-bond acceptors (Lipinski definition) is 5. The van der Waals surface area contributed by atoms with E-state index in [0.717, 1.165) is 29.2 Å². The Morgan fingerprint density at radius 2 is 1.78 bits per heavy atom. The second kappa shape index (κ2) is 8.01. The first kappa shape index (κ1) is 17.9. The summed E-state index contributed by atoms with van der Waals surface area (Å²) in [4.78, 5) is 21.1. The van der Waals surface area contributed by atoms with Crippen LogP contribution in [0.2, 0.25) is 0 Å². The monoisotopic (exact) mass is 378 g/mol. The molecule has 0 radical (unpaired) electrons. The van der Waals surface area contributed by atoms with E-state index in [4.69, 9.17) is 4.84 Å². The Morgan fingerprint density at radius 1 is 1.00 bits per heavy atom. The van der Waals surface area contributed by atoms with Crippen LogP contribution in [0.25, 0.3) is 0 Å². The highest BCUT2D eigenvalue weighted by Gasteiger charge is 2.36. The van der Waals surface area contributed by atoms with Crippen LogP contribution in [0.4, 0.5) is 5.69 Å². The predicted octanol–water partition coefficient (Wildman–Crippen LogP) is 5.35. The molecule has 0 aliphatic carbocycles. The van der Waals surface area contributed by atoms with Crippen LogP contribution in [0.1, 0.15) is 38.2 Å². The summed E-state index contributed by atoms with van der Waals surface area (Å²) in [5.74, 6) is -0.372. The third kappa shape index (κ3) is 3.52. The highest BCUT2D eigenvalue weighted by Crippen LogP contribution is 2.48. The number of anilines is 1. The number of hydrogen-bond donors (Lipinski definition) is 0. The van der Waals surface area contributed by atoms with E-state index in [1.807, 2.05) is 42.5 Å². The maximum absolute atomic E-state index is 12.6. The summed E-state index contributed by atoms with van der Waals surface area (Å²) in [7, 11) is 0. The van der Waals surface area contributed by atoms with E-state index in [-0.39, 0.29) is 5.97 Å². The molecule has 4 nitrogen and oxygen atoms in total. The number of unbranched alkanes of at least 4 members (excludes halogenated alkanes) is 3. The molecule has 2 aliphatic heterocycles. The van der Waals surface area contributed by atoms with Gasteiger partial charge in [-0.15, -0.1) is 0 Å². The fourth-order valence-electron chi connectivity index (χ4n) is 3.40. The van der Waals surface area contributed by atoms with Crippen molar-refractivity contribution >= 4 is 29.1 Å². The lowest BCUT2D eigenvalue weighted by Gasteiger charge is -2.21. The summed E-state index contributed by atoms with van der Waals surface area (Å²) < 4.78 is 0. The standard InChI is InChI=1S/C22H22N2O2S/c1-2-3-4-10-15-24-17-13-8-9-14-18(17)27-21(24)19-20(23-26-22(19)25)16-11-6-5-7-12-16/h5-9,11-14H,2-4,10,15H2,1H3/b21-19+. The first-order chi connectivity index (χ1) is 13.3. The number of nitrogens with zero attached hydrogens (tertiary/aromatic N) is 2. The summed E-state index contributed by atoms with van der Waals surface area (Å²) in [6.45, 7) is 3.10. The van der Waals surface area contributed by atoms with Crippen molar-refractivity contribution < 1.29 is 9.63 Å². The fraction of sp³-hybridized carbons (Fsp3) is 0.273. The first-order valence-electron chi connectivity index (χ1n) is 9.43. The number of thioether (sulfide) groups is 1. The molecular formula is C22H22N2O2S. The Morgan fingerprint density at radius 3 is 2.59 bits per heavy atom. The van der Waals surface area contributed by atoms with Gasteiger partial charge in [-0.25, -0.2) is 4.79 Å². The van der Waals surface area contributed by atoms with Gasteiger partial charge in [-0.3, -0.25) is 0 Å². The maximum atomic E-state index is 12.6. The molecule has 2 aromatic carbocycles. The molecule has 0 atom stereocenters. The molecule has 4 rings (SSSR count). The van der Waals surface area contributed by atoms with Gasteiger partial charge in [-0.2, -0.15) is 0 Å². The van der Waals surface area contributed by atoms with E-state index in [1.165, 1.54) is 24.2 Å². The zero-order valence-corrected chi connectivity index (χ0v) is 16.2. The lowest BCUT2D eigenvalue weighted by atomic mass is 10.0. The van der Waals surface area contributed by atoms with Gasteiger partial charge in [0.05, 0.1) is 10.7 Å². The van der Waals surface area contributed by atoms with Crippen LogP contribution in [0.3, 0.4) is 0 Å². The van der Waals surface area contributed by atoms with Crippen molar-refractivity contribution in [3.8, 4) is 0 Å². The number of carbonyl (C=O) groups excluding carboxylic acids is 1. The van der Waals surface area contributed by atoms with Gasteiger partial charge in [-0.1, -0.05) is 85.6 Å². The molecule has 0 amide bonds. The van der Waals surface area contributed by atoms with E-state index < -0.39 is 0 Å². The molecule has 2 aromatic rings. The van der Waals surface area contributed by atoms with E-state index in [2.05, 4.69) is 29.1 Å². The van der Waals surface area contributed by atoms with Crippen molar-refractivity contribution in [2.45, 2.75) is 37.5 Å². The number of benzene rings is 2. The zero-order chi connectivity index (χ0) is 18.6. The number of rotatable bonds is 6. The van der Waals surface area contributed by atoms with Gasteiger partial charge < -0.3 is 9.74 Å². The van der Waals surface area contributed by atoms with Crippen LogP contribution in [-0.4, -0.2) is 18.2 Å². The molecule has 0 bridgehead atoms. The third-order valence-electron chi connectivity index (χ3n) is 4.76. The van der Waals surface area contributed by atoms with Crippen molar-refractivity contribution in [1.29, 1.82) is 0 Å². The minimum absolute atomic E-state index is 0.372. The molecule has 5 heteroatoms. The Kier molecular flexibility index (Phi) is 5.30. The summed E-state index contributed by atoms with van der Waals surface area (Å²) in [5.41, 5.74) is 3.24. The maximum Gasteiger partial charge on any atom is 0.370 e. The molecule has 2 heterocycles. The van der Waals surface area contributed by atoms with Gasteiger partial charge in [0.1, 0.15) is 11.3 Å². The van der Waals surface area contributed by atoms with Crippen LogP contribution in [0.5, 0.6) is 0 Å². The topological polar surface area (TPSA) is 41.9 Å². The van der Waals surface area contributed by atoms with Crippen molar-refractivity contribution in [2.24, 2.45) is 5.16 Å². The second-order valence-electron chi connectivity index (χ2n) is 6.65. The highest BCUT2D eigenvalue weighted by atomic mass is 32.2. The van der Waals surface area contributed by atoms with Crippen LogP contribution in [0.15, 0.2) is 75.3 Å². The fourth-order valence-corrected chi connectivity index (χ4v) is 4.62. The van der Waals surface area contributed by atoms with Gasteiger partial charge in [0.15, 0.2) is 0 Å². The predicted molar refractivity (Wildman–Crippen MR) is 110 cm³/mol. The molecule has 27 heavy (non-hydrogen) atoms. The molecular weight excluding hydrogens is 356 g/mol. The molecule has 138 valence electrons. The SMILES string of the molecule is CCCCCCN1/C(=C2\C(=O)ON=C2c2ccccc2)Sc2ccccc21. The average molecular weight is 378 g/mol. The zero-order valence-electron chi connectivity index (χ0n) is 15.4. The third-order valence-corrected chi connectivity index (χ3v) is 5.95. The smallest absolute Gasteiger partial charge is 0.334 e. The van der Waals surface area contributed by atoms with Gasteiger partial charge in [0.2, 0.25) is 0 Å². The number of oxime groups is 1. The normalized spacial score (nSPS) is 18.5. The number of fused-ring (bicyclic) bond motifs is 1. The summed E-state index contributed by atoms with van der Waals surface area (Å²) in [6.07, 6.45) is 4.71. The number of para-hydroxylation sites is 1. The van der Waals surface area contributed by atoms with E-state index in [0.29, 0.717) is 11.3 Å². The van der Waals surface area contributed by atoms with Crippen LogP contribution < -0.4 is 4.90 Å². The molecule has 0 fully saturated rings. The lowest BCUT2D eigenvalue weighted by molar-refractivity contribution is -0.136. The van der Waals surface area contributed by atoms with Crippen molar-refractivity contribution in [2.75, 3.05) is 11.4 Å². The van der Waals surface area contributed by atoms with Crippen molar-refractivity contribution in [3.05, 3.63) is 70.8 Å². The Labute approximate surface area is 163 Å². The Balaban J connectivity index is 1.73. The quantitative estimate of drug-likeness (QED) is 0.386. The first-order valence-corrected chi connectivity index (χ1v) is 10.2. The molecule has 0 unspecified atom stereocenters. The van der Waals surface area contributed by atoms with Crippen LogP contribution in [0, 0.1) is 0 Å². The van der Waals surface area contributed by atoms with Gasteiger partial charge in [0, 0.05) is 17.0 Å². The van der Waals surface area contributed by atoms with Gasteiger partial charge >= 0.3 is 5.97 Å². The van der Waals surface area contributed by atoms with Crippen molar-refractivity contribution in [1.82, 2.24) is 0 Å². The summed E-state index contributed by atoms with van der Waals surface area (Å²) in [6, 6.07) is 18.1. The average Bonchev–Trinajstić information content (AvgIpc) is 3.26. The lowest BCUT2D eigenvalue weighted by Crippen LogP contribution is -2.23. The van der Waals surface area contributed by atoms with Gasteiger partial charge in [-0.05, 0) is 18.6 Å².